The Hall–Kier alpha value is -2.31. The first kappa shape index (κ1) is 12.2. The second-order valence-electron chi connectivity index (χ2n) is 3.68. The van der Waals surface area contributed by atoms with Gasteiger partial charge in [0, 0.05) is 5.56 Å². The zero-order chi connectivity index (χ0) is 13.1. The van der Waals surface area contributed by atoms with Crippen LogP contribution < -0.4 is 0 Å². The second kappa shape index (κ2) is 4.91. The molecule has 1 heterocycles. The number of carbonyl (C=O) groups excluding carboxylic acids is 1. The van der Waals surface area contributed by atoms with Crippen molar-refractivity contribution in [2.24, 2.45) is 0 Å². The lowest BCUT2D eigenvalue weighted by Crippen LogP contribution is -2.14. The maximum Gasteiger partial charge on any atom is 0.329 e. The summed E-state index contributed by atoms with van der Waals surface area (Å²) in [6, 6.07) is 4.52. The van der Waals surface area contributed by atoms with Crippen LogP contribution in [-0.4, -0.2) is 33.3 Å². The summed E-state index contributed by atoms with van der Waals surface area (Å²) >= 11 is 0. The van der Waals surface area contributed by atoms with E-state index < -0.39 is 5.97 Å². The fourth-order valence-corrected chi connectivity index (χ4v) is 1.39. The lowest BCUT2D eigenvalue weighted by atomic mass is 10.1. The van der Waals surface area contributed by atoms with Gasteiger partial charge >= 0.3 is 5.97 Å². The Morgan fingerprint density at radius 2 is 2.28 bits per heavy atom. The topological polar surface area (TPSA) is 69.9 Å². The van der Waals surface area contributed by atoms with Gasteiger partial charge in [0.15, 0.2) is 6.54 Å². The van der Waals surface area contributed by atoms with Crippen molar-refractivity contribution < 1.29 is 13.9 Å². The van der Waals surface area contributed by atoms with E-state index in [1.165, 1.54) is 13.2 Å². The summed E-state index contributed by atoms with van der Waals surface area (Å²) in [6.07, 6.45) is 0. The van der Waals surface area contributed by atoms with E-state index in [-0.39, 0.29) is 12.4 Å². The van der Waals surface area contributed by atoms with Gasteiger partial charge in [-0.25, -0.2) is 9.18 Å². The van der Waals surface area contributed by atoms with Crippen molar-refractivity contribution in [1.29, 1.82) is 0 Å². The number of hydrogen-bond acceptors (Lipinski definition) is 5. The van der Waals surface area contributed by atoms with Crippen molar-refractivity contribution in [3.63, 3.8) is 0 Å². The summed E-state index contributed by atoms with van der Waals surface area (Å²) in [5.41, 5.74) is 1.14. The molecule has 0 aliphatic heterocycles. The molecule has 0 aliphatic carbocycles. The van der Waals surface area contributed by atoms with Crippen LogP contribution in [-0.2, 0) is 16.1 Å². The number of halogens is 1. The minimum atomic E-state index is -0.464. The minimum Gasteiger partial charge on any atom is -0.468 e. The first-order valence-corrected chi connectivity index (χ1v) is 5.21. The first-order chi connectivity index (χ1) is 8.60. The van der Waals surface area contributed by atoms with E-state index in [9.17, 15) is 9.18 Å². The molecule has 0 saturated carbocycles. The summed E-state index contributed by atoms with van der Waals surface area (Å²) in [5.74, 6) is -0.419. The minimum absolute atomic E-state index is 0.107. The Bertz CT molecular complexity index is 582. The number of aryl methyl sites for hydroxylation is 1. The second-order valence-corrected chi connectivity index (χ2v) is 3.68. The number of methoxy groups -OCH3 is 1. The smallest absolute Gasteiger partial charge is 0.329 e. The van der Waals surface area contributed by atoms with Crippen molar-refractivity contribution >= 4 is 5.97 Å². The predicted octanol–water partition coefficient (Wildman–Crippen LogP) is 0.961. The van der Waals surface area contributed by atoms with Gasteiger partial charge in [-0.15, -0.1) is 10.2 Å². The Morgan fingerprint density at radius 1 is 1.50 bits per heavy atom. The van der Waals surface area contributed by atoms with Gasteiger partial charge in [-0.2, -0.15) is 4.80 Å². The standard InChI is InChI=1S/C11H11FN4O2/c1-7-5-8(3-4-9(7)12)11-13-15-16(14-11)6-10(17)18-2/h3-5H,6H2,1-2H3. The largest absolute Gasteiger partial charge is 0.468 e. The third-order valence-electron chi connectivity index (χ3n) is 2.37. The van der Waals surface area contributed by atoms with Crippen molar-refractivity contribution in [2.75, 3.05) is 7.11 Å². The third kappa shape index (κ3) is 2.50. The molecule has 0 radical (unpaired) electrons. The molecular weight excluding hydrogens is 239 g/mol. The summed E-state index contributed by atoms with van der Waals surface area (Å²) in [5, 5.41) is 11.5. The van der Waals surface area contributed by atoms with Gasteiger partial charge in [0.05, 0.1) is 7.11 Å². The van der Waals surface area contributed by atoms with E-state index in [0.717, 1.165) is 4.80 Å². The number of nitrogens with zero attached hydrogens (tertiary/aromatic N) is 4. The molecular formula is C11H11FN4O2. The van der Waals surface area contributed by atoms with Crippen molar-refractivity contribution in [3.05, 3.63) is 29.6 Å². The maximum absolute atomic E-state index is 13.1. The zero-order valence-corrected chi connectivity index (χ0v) is 9.92. The lowest BCUT2D eigenvalue weighted by molar-refractivity contribution is -0.141. The highest BCUT2D eigenvalue weighted by Gasteiger charge is 2.10. The van der Waals surface area contributed by atoms with Crippen LogP contribution in [0.2, 0.25) is 0 Å². The van der Waals surface area contributed by atoms with E-state index in [2.05, 4.69) is 20.1 Å². The molecule has 0 aliphatic rings. The number of carbonyl (C=O) groups is 1. The molecule has 0 fully saturated rings. The molecule has 2 aromatic rings. The highest BCUT2D eigenvalue weighted by Crippen LogP contribution is 2.17. The van der Waals surface area contributed by atoms with Crippen molar-refractivity contribution in [2.45, 2.75) is 13.5 Å². The van der Waals surface area contributed by atoms with E-state index in [1.807, 2.05) is 0 Å². The fraction of sp³-hybridized carbons (Fsp3) is 0.273. The van der Waals surface area contributed by atoms with E-state index in [0.29, 0.717) is 17.0 Å². The molecule has 0 amide bonds. The number of tetrazole rings is 1. The molecule has 1 aromatic carbocycles. The Morgan fingerprint density at radius 3 is 2.94 bits per heavy atom. The first-order valence-electron chi connectivity index (χ1n) is 5.21. The monoisotopic (exact) mass is 250 g/mol. The van der Waals surface area contributed by atoms with Crippen LogP contribution in [0, 0.1) is 12.7 Å². The number of hydrogen-bond donors (Lipinski definition) is 0. The molecule has 94 valence electrons. The van der Waals surface area contributed by atoms with Gasteiger partial charge < -0.3 is 4.74 Å². The zero-order valence-electron chi connectivity index (χ0n) is 9.92. The average molecular weight is 250 g/mol. The van der Waals surface area contributed by atoms with Gasteiger partial charge in [0.25, 0.3) is 0 Å². The summed E-state index contributed by atoms with van der Waals surface area (Å²) in [4.78, 5) is 12.2. The van der Waals surface area contributed by atoms with Crippen LogP contribution in [0.4, 0.5) is 4.39 Å². The van der Waals surface area contributed by atoms with Crippen LogP contribution in [0.15, 0.2) is 18.2 Å². The third-order valence-corrected chi connectivity index (χ3v) is 2.37. The average Bonchev–Trinajstić information content (AvgIpc) is 2.81. The molecule has 18 heavy (non-hydrogen) atoms. The number of aromatic nitrogens is 4. The fourth-order valence-electron chi connectivity index (χ4n) is 1.39. The number of esters is 1. The molecule has 7 heteroatoms. The normalized spacial score (nSPS) is 10.4. The molecule has 1 aromatic heterocycles. The Labute approximate surface area is 102 Å². The van der Waals surface area contributed by atoms with Gasteiger partial charge in [-0.05, 0) is 35.9 Å². The highest BCUT2D eigenvalue weighted by molar-refractivity contribution is 5.68. The summed E-state index contributed by atoms with van der Waals surface area (Å²) < 4.78 is 17.6. The SMILES string of the molecule is COC(=O)Cn1nnc(-c2ccc(F)c(C)c2)n1. The van der Waals surface area contributed by atoms with Crippen molar-refractivity contribution in [1.82, 2.24) is 20.2 Å². The Balaban J connectivity index is 2.23. The molecule has 2 rings (SSSR count). The molecule has 0 atom stereocenters. The van der Waals surface area contributed by atoms with Crippen LogP contribution >= 0.6 is 0 Å². The highest BCUT2D eigenvalue weighted by atomic mass is 19.1. The van der Waals surface area contributed by atoms with Crippen LogP contribution in [0.25, 0.3) is 11.4 Å². The van der Waals surface area contributed by atoms with Crippen LogP contribution in [0.5, 0.6) is 0 Å². The molecule has 0 saturated heterocycles. The summed E-state index contributed by atoms with van der Waals surface area (Å²) in [6.45, 7) is 1.54. The maximum atomic E-state index is 13.1. The molecule has 6 nitrogen and oxygen atoms in total. The molecule has 0 N–H and O–H groups in total. The number of ether oxygens (including phenoxy) is 1. The number of benzene rings is 1. The number of rotatable bonds is 3. The molecule has 0 unspecified atom stereocenters. The van der Waals surface area contributed by atoms with E-state index in [4.69, 9.17) is 0 Å². The molecule has 0 bridgehead atoms. The van der Waals surface area contributed by atoms with Gasteiger partial charge in [-0.3, -0.25) is 0 Å². The lowest BCUT2D eigenvalue weighted by Gasteiger charge is -1.98. The van der Waals surface area contributed by atoms with Gasteiger partial charge in [-0.1, -0.05) is 0 Å². The predicted molar refractivity (Wildman–Crippen MR) is 60.0 cm³/mol. The molecule has 0 spiro atoms. The summed E-state index contributed by atoms with van der Waals surface area (Å²) in [7, 11) is 1.28. The van der Waals surface area contributed by atoms with Crippen LogP contribution in [0.3, 0.4) is 0 Å². The van der Waals surface area contributed by atoms with Gasteiger partial charge in [0.2, 0.25) is 5.82 Å². The van der Waals surface area contributed by atoms with Crippen LogP contribution in [0.1, 0.15) is 5.56 Å². The van der Waals surface area contributed by atoms with E-state index >= 15 is 0 Å². The van der Waals surface area contributed by atoms with Crippen molar-refractivity contribution in [3.8, 4) is 11.4 Å². The Kier molecular flexibility index (Phi) is 3.31. The van der Waals surface area contributed by atoms with E-state index in [1.54, 1.807) is 19.1 Å². The van der Waals surface area contributed by atoms with Gasteiger partial charge in [0.1, 0.15) is 5.82 Å². The quantitative estimate of drug-likeness (QED) is 0.759.